The number of ether oxygens (including phenoxy) is 1. The number of nitrogens with zero attached hydrogens (tertiary/aromatic N) is 1. The second-order valence-electron chi connectivity index (χ2n) is 5.81. The van der Waals surface area contributed by atoms with Crippen molar-refractivity contribution in [3.63, 3.8) is 0 Å². The van der Waals surface area contributed by atoms with E-state index in [2.05, 4.69) is 46.0 Å². The van der Waals surface area contributed by atoms with E-state index in [1.165, 1.54) is 0 Å². The van der Waals surface area contributed by atoms with Crippen LogP contribution in [-0.4, -0.2) is 23.8 Å². The molecule has 1 unspecified atom stereocenters. The fraction of sp³-hybridized carbons (Fsp3) is 0.929. The summed E-state index contributed by atoms with van der Waals surface area (Å²) in [4.78, 5) is 0. The minimum Gasteiger partial charge on any atom is -0.376 e. The summed E-state index contributed by atoms with van der Waals surface area (Å²) in [6.45, 7) is 13.1. The average molecular weight is 240 g/mol. The van der Waals surface area contributed by atoms with Crippen molar-refractivity contribution in [1.29, 1.82) is 5.26 Å². The molecule has 0 aliphatic heterocycles. The smallest absolute Gasteiger partial charge is 0.104 e. The lowest BCUT2D eigenvalue weighted by Crippen LogP contribution is -2.45. The van der Waals surface area contributed by atoms with E-state index < -0.39 is 5.54 Å². The first-order chi connectivity index (χ1) is 7.74. The lowest BCUT2D eigenvalue weighted by molar-refractivity contribution is -0.0228. The second-order valence-corrected chi connectivity index (χ2v) is 5.81. The van der Waals surface area contributed by atoms with Crippen molar-refractivity contribution < 1.29 is 4.74 Å². The second kappa shape index (κ2) is 6.98. The molecule has 0 heterocycles. The van der Waals surface area contributed by atoms with Gasteiger partial charge in [0.1, 0.15) is 5.54 Å². The minimum atomic E-state index is -0.437. The molecule has 17 heavy (non-hydrogen) atoms. The van der Waals surface area contributed by atoms with Crippen LogP contribution >= 0.6 is 0 Å². The van der Waals surface area contributed by atoms with Crippen molar-refractivity contribution in [3.8, 4) is 6.07 Å². The molecule has 0 saturated carbocycles. The van der Waals surface area contributed by atoms with Crippen molar-refractivity contribution in [2.45, 2.75) is 78.0 Å². The third-order valence-electron chi connectivity index (χ3n) is 3.02. The molecule has 0 rings (SSSR count). The van der Waals surface area contributed by atoms with Gasteiger partial charge >= 0.3 is 0 Å². The van der Waals surface area contributed by atoms with E-state index in [-0.39, 0.29) is 5.60 Å². The summed E-state index contributed by atoms with van der Waals surface area (Å²) in [5.74, 6) is 0. The van der Waals surface area contributed by atoms with Gasteiger partial charge in [0.2, 0.25) is 0 Å². The molecule has 3 heteroatoms. The van der Waals surface area contributed by atoms with Crippen LogP contribution in [0.15, 0.2) is 0 Å². The topological polar surface area (TPSA) is 45.0 Å². The van der Waals surface area contributed by atoms with Crippen LogP contribution in [0.3, 0.4) is 0 Å². The highest BCUT2D eigenvalue weighted by atomic mass is 16.5. The van der Waals surface area contributed by atoms with Crippen molar-refractivity contribution in [1.82, 2.24) is 5.32 Å². The van der Waals surface area contributed by atoms with Gasteiger partial charge in [0.25, 0.3) is 0 Å². The van der Waals surface area contributed by atoms with Crippen molar-refractivity contribution in [2.24, 2.45) is 0 Å². The number of hydrogen-bond acceptors (Lipinski definition) is 3. The van der Waals surface area contributed by atoms with Gasteiger partial charge in [0, 0.05) is 12.6 Å². The van der Waals surface area contributed by atoms with Gasteiger partial charge in [-0.25, -0.2) is 0 Å². The van der Waals surface area contributed by atoms with Gasteiger partial charge < -0.3 is 4.74 Å². The molecule has 0 aliphatic rings. The van der Waals surface area contributed by atoms with Crippen LogP contribution in [-0.2, 0) is 4.74 Å². The van der Waals surface area contributed by atoms with Gasteiger partial charge in [-0.1, -0.05) is 6.92 Å². The van der Waals surface area contributed by atoms with Crippen LogP contribution < -0.4 is 5.32 Å². The normalized spacial score (nSPS) is 15.6. The third kappa shape index (κ3) is 7.36. The maximum absolute atomic E-state index is 9.19. The molecule has 0 saturated heterocycles. The Labute approximate surface area is 107 Å². The van der Waals surface area contributed by atoms with Gasteiger partial charge in [-0.15, -0.1) is 0 Å². The van der Waals surface area contributed by atoms with Crippen LogP contribution in [0.1, 0.15) is 60.8 Å². The van der Waals surface area contributed by atoms with Crippen LogP contribution in [0.2, 0.25) is 0 Å². The quantitative estimate of drug-likeness (QED) is 0.662. The molecule has 0 aromatic carbocycles. The molecule has 1 atom stereocenters. The first-order valence-electron chi connectivity index (χ1n) is 6.57. The van der Waals surface area contributed by atoms with E-state index in [1.807, 2.05) is 6.92 Å². The fourth-order valence-electron chi connectivity index (χ4n) is 1.67. The average Bonchev–Trinajstić information content (AvgIpc) is 2.24. The number of hydrogen-bond donors (Lipinski definition) is 1. The standard InChI is InChI=1S/C14H28N2O/c1-7-13(4,5)17-10-8-9-14(6,11-15)16-12(2)3/h12,16H,7-10H2,1-6H3. The SMILES string of the molecule is CCC(C)(C)OCCCC(C)(C#N)NC(C)C. The van der Waals surface area contributed by atoms with Crippen LogP contribution in [0, 0.1) is 11.3 Å². The zero-order valence-corrected chi connectivity index (χ0v) is 12.3. The summed E-state index contributed by atoms with van der Waals surface area (Å²) in [5, 5.41) is 12.5. The lowest BCUT2D eigenvalue weighted by Gasteiger charge is -2.27. The summed E-state index contributed by atoms with van der Waals surface area (Å²) < 4.78 is 5.79. The Hall–Kier alpha value is -0.590. The van der Waals surface area contributed by atoms with Crippen LogP contribution in [0.4, 0.5) is 0 Å². The molecular weight excluding hydrogens is 212 g/mol. The van der Waals surface area contributed by atoms with Crippen LogP contribution in [0.5, 0.6) is 0 Å². The fourth-order valence-corrected chi connectivity index (χ4v) is 1.67. The number of nitriles is 1. The summed E-state index contributed by atoms with van der Waals surface area (Å²) in [5.41, 5.74) is -0.484. The summed E-state index contributed by atoms with van der Waals surface area (Å²) in [6.07, 6.45) is 2.74. The Bertz CT molecular complexity index is 255. The molecular formula is C14H28N2O. The van der Waals surface area contributed by atoms with Crippen molar-refractivity contribution in [2.75, 3.05) is 6.61 Å². The molecule has 1 N–H and O–H groups in total. The van der Waals surface area contributed by atoms with E-state index in [4.69, 9.17) is 4.74 Å². The molecule has 0 spiro atoms. The highest BCUT2D eigenvalue weighted by Crippen LogP contribution is 2.17. The lowest BCUT2D eigenvalue weighted by atomic mass is 9.97. The van der Waals surface area contributed by atoms with E-state index in [9.17, 15) is 5.26 Å². The van der Waals surface area contributed by atoms with Crippen molar-refractivity contribution >= 4 is 0 Å². The first kappa shape index (κ1) is 16.4. The molecule has 0 radical (unpaired) electrons. The van der Waals surface area contributed by atoms with Gasteiger partial charge in [-0.05, 0) is 53.9 Å². The van der Waals surface area contributed by atoms with Gasteiger partial charge in [0.15, 0.2) is 0 Å². The zero-order chi connectivity index (χ0) is 13.5. The molecule has 0 amide bonds. The monoisotopic (exact) mass is 240 g/mol. The van der Waals surface area contributed by atoms with E-state index in [0.29, 0.717) is 6.04 Å². The highest BCUT2D eigenvalue weighted by Gasteiger charge is 2.24. The van der Waals surface area contributed by atoms with Gasteiger partial charge in [-0.3, -0.25) is 5.32 Å². The molecule has 0 aromatic heterocycles. The largest absolute Gasteiger partial charge is 0.376 e. The van der Waals surface area contributed by atoms with E-state index in [1.54, 1.807) is 0 Å². The maximum Gasteiger partial charge on any atom is 0.104 e. The van der Waals surface area contributed by atoms with Gasteiger partial charge in [-0.2, -0.15) is 5.26 Å². The molecule has 0 fully saturated rings. The summed E-state index contributed by atoms with van der Waals surface area (Å²) >= 11 is 0. The molecule has 100 valence electrons. The highest BCUT2D eigenvalue weighted by molar-refractivity contribution is 5.04. The Morgan fingerprint density at radius 2 is 1.88 bits per heavy atom. The molecule has 0 aromatic rings. The third-order valence-corrected chi connectivity index (χ3v) is 3.02. The Balaban J connectivity index is 3.98. The zero-order valence-electron chi connectivity index (χ0n) is 12.3. The summed E-state index contributed by atoms with van der Waals surface area (Å²) in [6, 6.07) is 2.68. The number of rotatable bonds is 8. The Morgan fingerprint density at radius 1 is 1.29 bits per heavy atom. The first-order valence-corrected chi connectivity index (χ1v) is 6.57. The van der Waals surface area contributed by atoms with Crippen LogP contribution in [0.25, 0.3) is 0 Å². The molecule has 0 bridgehead atoms. The summed E-state index contributed by atoms with van der Waals surface area (Å²) in [7, 11) is 0. The Kier molecular flexibility index (Phi) is 6.74. The predicted octanol–water partition coefficient (Wildman–Crippen LogP) is 3.25. The van der Waals surface area contributed by atoms with Crippen molar-refractivity contribution in [3.05, 3.63) is 0 Å². The van der Waals surface area contributed by atoms with Gasteiger partial charge in [0.05, 0.1) is 11.7 Å². The predicted molar refractivity (Wildman–Crippen MR) is 71.8 cm³/mol. The van der Waals surface area contributed by atoms with E-state index in [0.717, 1.165) is 25.9 Å². The van der Waals surface area contributed by atoms with E-state index >= 15 is 0 Å². The number of nitrogens with one attached hydrogen (secondary N) is 1. The maximum atomic E-state index is 9.19. The molecule has 3 nitrogen and oxygen atoms in total. The minimum absolute atomic E-state index is 0.0471. The Morgan fingerprint density at radius 3 is 2.29 bits per heavy atom. The molecule has 0 aliphatic carbocycles.